The number of hydrogen-bond donors (Lipinski definition) is 0. The van der Waals surface area contributed by atoms with Crippen LogP contribution >= 0.6 is 11.8 Å². The number of nitrogens with zero attached hydrogens (tertiary/aromatic N) is 1. The van der Waals surface area contributed by atoms with Crippen molar-refractivity contribution >= 4 is 11.8 Å². The molecule has 0 unspecified atom stereocenters. The zero-order valence-electron chi connectivity index (χ0n) is 12.8. The molecule has 0 saturated carbocycles. The first-order chi connectivity index (χ1) is 8.61. The Morgan fingerprint density at radius 1 is 0.864 bits per heavy atom. The number of benzene rings is 1. The van der Waals surface area contributed by atoms with Gasteiger partial charge in [-0.2, -0.15) is 11.8 Å². The zero-order chi connectivity index (χ0) is 13.4. The molecule has 0 aromatic heterocycles. The van der Waals surface area contributed by atoms with E-state index in [4.69, 9.17) is 0 Å². The van der Waals surface area contributed by atoms with Crippen molar-refractivity contribution in [3.63, 3.8) is 0 Å². The third kappa shape index (κ3) is 13.1. The topological polar surface area (TPSA) is 3.24 Å². The fourth-order valence-corrected chi connectivity index (χ4v) is 2.86. The van der Waals surface area contributed by atoms with E-state index in [2.05, 4.69) is 68.6 Å². The van der Waals surface area contributed by atoms with E-state index >= 15 is 0 Å². The van der Waals surface area contributed by atoms with Crippen LogP contribution in [0.15, 0.2) is 30.3 Å². The van der Waals surface area contributed by atoms with Crippen molar-refractivity contribution < 1.29 is 32.7 Å². The van der Waals surface area contributed by atoms with Gasteiger partial charge < -0.3 is 0 Å². The SMILES string of the molecule is C.C.C.CC(C)N1CCSCC1.CC(C)c1ccccc1.[Y]. The zero-order valence-corrected chi connectivity index (χ0v) is 16.5. The summed E-state index contributed by atoms with van der Waals surface area (Å²) in [6.07, 6.45) is 0. The molecule has 1 aliphatic heterocycles. The van der Waals surface area contributed by atoms with Gasteiger partial charge in [0.15, 0.2) is 0 Å². The maximum Gasteiger partial charge on any atom is 0.00754 e. The first-order valence-corrected chi connectivity index (χ1v) is 8.13. The van der Waals surface area contributed by atoms with Crippen molar-refractivity contribution in [2.45, 2.75) is 61.9 Å². The Kier molecular flexibility index (Phi) is 24.9. The van der Waals surface area contributed by atoms with Crippen molar-refractivity contribution in [1.82, 2.24) is 4.90 Å². The third-order valence-electron chi connectivity index (χ3n) is 3.24. The van der Waals surface area contributed by atoms with Crippen LogP contribution in [0, 0.1) is 0 Å². The first kappa shape index (κ1) is 30.5. The Labute approximate surface area is 170 Å². The molecular formula is C19H39NSY. The molecule has 0 N–H and O–H groups in total. The van der Waals surface area contributed by atoms with E-state index in [-0.39, 0.29) is 55.0 Å². The molecule has 0 bridgehead atoms. The van der Waals surface area contributed by atoms with E-state index in [1.807, 2.05) is 6.07 Å². The smallest absolute Gasteiger partial charge is 0.00754 e. The summed E-state index contributed by atoms with van der Waals surface area (Å²) in [5, 5.41) is 0. The molecule has 0 aliphatic carbocycles. The van der Waals surface area contributed by atoms with Crippen LogP contribution in [0.2, 0.25) is 0 Å². The molecule has 1 heterocycles. The number of hydrogen-bond acceptors (Lipinski definition) is 2. The Bertz CT molecular complexity index is 308. The quantitative estimate of drug-likeness (QED) is 0.583. The molecule has 3 heteroatoms. The second-order valence-corrected chi connectivity index (χ2v) is 6.53. The van der Waals surface area contributed by atoms with E-state index in [9.17, 15) is 0 Å². The van der Waals surface area contributed by atoms with Gasteiger partial charge in [0.25, 0.3) is 0 Å². The molecule has 129 valence electrons. The minimum absolute atomic E-state index is 0. The standard InChI is InChI=1S/C9H12.C7H15NS.3CH4.Y/c1-8(2)9-6-4-3-5-7-9;1-7(2)8-3-5-9-6-4-8;;;;/h3-8H,1-2H3;7H,3-6H2,1-2H3;3*1H4;. The van der Waals surface area contributed by atoms with Crippen molar-refractivity contribution in [2.24, 2.45) is 0 Å². The van der Waals surface area contributed by atoms with Gasteiger partial charge in [0.2, 0.25) is 0 Å². The molecule has 0 spiro atoms. The normalized spacial score (nSPS) is 13.5. The first-order valence-electron chi connectivity index (χ1n) is 6.98. The molecule has 1 saturated heterocycles. The average Bonchev–Trinajstić information content (AvgIpc) is 2.41. The summed E-state index contributed by atoms with van der Waals surface area (Å²) < 4.78 is 0. The van der Waals surface area contributed by atoms with Gasteiger partial charge in [-0.05, 0) is 25.3 Å². The van der Waals surface area contributed by atoms with Gasteiger partial charge in [-0.3, -0.25) is 4.90 Å². The van der Waals surface area contributed by atoms with Crippen LogP contribution in [0.4, 0.5) is 0 Å². The molecule has 1 aromatic rings. The van der Waals surface area contributed by atoms with Gasteiger partial charge in [-0.15, -0.1) is 0 Å². The minimum Gasteiger partial charge on any atom is -0.299 e. The molecule has 22 heavy (non-hydrogen) atoms. The average molecular weight is 403 g/mol. The summed E-state index contributed by atoms with van der Waals surface area (Å²) in [4.78, 5) is 2.54. The maximum atomic E-state index is 2.54. The summed E-state index contributed by atoms with van der Waals surface area (Å²) in [6, 6.07) is 11.3. The van der Waals surface area contributed by atoms with Crippen LogP contribution in [0.25, 0.3) is 0 Å². The minimum atomic E-state index is 0. The molecular weight excluding hydrogens is 363 g/mol. The van der Waals surface area contributed by atoms with Gasteiger partial charge in [-0.25, -0.2) is 0 Å². The molecule has 1 aliphatic rings. The van der Waals surface area contributed by atoms with Crippen LogP contribution in [0.5, 0.6) is 0 Å². The van der Waals surface area contributed by atoms with Gasteiger partial charge in [0.05, 0.1) is 0 Å². The van der Waals surface area contributed by atoms with Gasteiger partial charge >= 0.3 is 0 Å². The second-order valence-electron chi connectivity index (χ2n) is 5.31. The largest absolute Gasteiger partial charge is 0.299 e. The fourth-order valence-electron chi connectivity index (χ4n) is 1.93. The Hall–Kier alpha value is 0.634. The van der Waals surface area contributed by atoms with E-state index < -0.39 is 0 Å². The van der Waals surface area contributed by atoms with Crippen molar-refractivity contribution in [3.05, 3.63) is 35.9 Å². The number of thioether (sulfide) groups is 1. The van der Waals surface area contributed by atoms with E-state index in [1.54, 1.807) is 0 Å². The molecule has 2 rings (SSSR count). The van der Waals surface area contributed by atoms with Crippen molar-refractivity contribution in [3.8, 4) is 0 Å². The molecule has 1 radical (unpaired) electrons. The van der Waals surface area contributed by atoms with Crippen LogP contribution in [-0.2, 0) is 32.7 Å². The maximum absolute atomic E-state index is 2.54. The van der Waals surface area contributed by atoms with Crippen LogP contribution < -0.4 is 0 Å². The van der Waals surface area contributed by atoms with Crippen molar-refractivity contribution in [1.29, 1.82) is 0 Å². The Morgan fingerprint density at radius 2 is 1.32 bits per heavy atom. The van der Waals surface area contributed by atoms with E-state index in [1.165, 1.54) is 30.2 Å². The monoisotopic (exact) mass is 402 g/mol. The van der Waals surface area contributed by atoms with Gasteiger partial charge in [-0.1, -0.05) is 66.5 Å². The predicted molar refractivity (Wildman–Crippen MR) is 105 cm³/mol. The summed E-state index contributed by atoms with van der Waals surface area (Å²) in [7, 11) is 0. The van der Waals surface area contributed by atoms with Crippen molar-refractivity contribution in [2.75, 3.05) is 24.6 Å². The number of rotatable bonds is 2. The molecule has 0 amide bonds. The fraction of sp³-hybridized carbons (Fsp3) is 0.684. The Morgan fingerprint density at radius 3 is 1.59 bits per heavy atom. The second kappa shape index (κ2) is 18.0. The van der Waals surface area contributed by atoms with Gasteiger partial charge in [0, 0.05) is 63.3 Å². The van der Waals surface area contributed by atoms with Gasteiger partial charge in [0.1, 0.15) is 0 Å². The molecule has 0 atom stereocenters. The Balaban J connectivity index is -0.000000125. The molecule has 1 nitrogen and oxygen atoms in total. The van der Waals surface area contributed by atoms with Crippen LogP contribution in [0.3, 0.4) is 0 Å². The van der Waals surface area contributed by atoms with Crippen LogP contribution in [0.1, 0.15) is 61.5 Å². The third-order valence-corrected chi connectivity index (χ3v) is 4.18. The summed E-state index contributed by atoms with van der Waals surface area (Å²) >= 11 is 2.07. The van der Waals surface area contributed by atoms with Crippen LogP contribution in [-0.4, -0.2) is 35.5 Å². The van der Waals surface area contributed by atoms with E-state index in [0.29, 0.717) is 5.92 Å². The molecule has 1 fully saturated rings. The van der Waals surface area contributed by atoms with E-state index in [0.717, 1.165) is 6.04 Å². The summed E-state index contributed by atoms with van der Waals surface area (Å²) in [5.41, 5.74) is 1.41. The summed E-state index contributed by atoms with van der Waals surface area (Å²) in [6.45, 7) is 11.5. The predicted octanol–water partition coefficient (Wildman–Crippen LogP) is 6.16. The molecule has 1 aromatic carbocycles. The summed E-state index contributed by atoms with van der Waals surface area (Å²) in [5.74, 6) is 3.32.